The molecule has 0 aliphatic carbocycles. The Morgan fingerprint density at radius 2 is 2.20 bits per heavy atom. The standard InChI is InChI=1S/C9H14N4O2/c1-6(10-7(2)14)9(15)11-8-4-5-13(3)12-8/h4-6H,1-3H3,(H,10,14)(H,11,12,15). The first-order chi connectivity index (χ1) is 6.99. The molecule has 0 saturated heterocycles. The molecule has 0 radical (unpaired) electrons. The van der Waals surface area contributed by atoms with E-state index in [1.807, 2.05) is 0 Å². The first-order valence-electron chi connectivity index (χ1n) is 4.56. The highest BCUT2D eigenvalue weighted by atomic mass is 16.2. The van der Waals surface area contributed by atoms with Gasteiger partial charge in [0, 0.05) is 26.2 Å². The van der Waals surface area contributed by atoms with Crippen LogP contribution in [0.1, 0.15) is 13.8 Å². The van der Waals surface area contributed by atoms with E-state index in [-0.39, 0.29) is 11.8 Å². The van der Waals surface area contributed by atoms with Gasteiger partial charge in [-0.1, -0.05) is 0 Å². The highest BCUT2D eigenvalue weighted by molar-refractivity contribution is 5.95. The fourth-order valence-electron chi connectivity index (χ4n) is 1.09. The molecule has 1 aromatic heterocycles. The van der Waals surface area contributed by atoms with Crippen LogP contribution in [0.4, 0.5) is 5.82 Å². The molecule has 6 heteroatoms. The minimum atomic E-state index is -0.565. The van der Waals surface area contributed by atoms with Crippen molar-refractivity contribution in [1.82, 2.24) is 15.1 Å². The number of nitrogens with zero attached hydrogens (tertiary/aromatic N) is 2. The zero-order valence-corrected chi connectivity index (χ0v) is 8.94. The lowest BCUT2D eigenvalue weighted by Crippen LogP contribution is -2.40. The summed E-state index contributed by atoms with van der Waals surface area (Å²) in [5.41, 5.74) is 0. The van der Waals surface area contributed by atoms with Crippen LogP contribution in [0.15, 0.2) is 12.3 Å². The van der Waals surface area contributed by atoms with Crippen molar-refractivity contribution < 1.29 is 9.59 Å². The van der Waals surface area contributed by atoms with Crippen LogP contribution in [0, 0.1) is 0 Å². The topological polar surface area (TPSA) is 76.0 Å². The molecule has 82 valence electrons. The largest absolute Gasteiger partial charge is 0.345 e. The highest BCUT2D eigenvalue weighted by Crippen LogP contribution is 2.01. The zero-order valence-electron chi connectivity index (χ0n) is 8.94. The van der Waals surface area contributed by atoms with Crippen molar-refractivity contribution >= 4 is 17.6 Å². The number of hydrogen-bond donors (Lipinski definition) is 2. The summed E-state index contributed by atoms with van der Waals surface area (Å²) in [6.07, 6.45) is 1.72. The average molecular weight is 210 g/mol. The van der Waals surface area contributed by atoms with Crippen molar-refractivity contribution in [1.29, 1.82) is 0 Å². The van der Waals surface area contributed by atoms with E-state index in [1.165, 1.54) is 6.92 Å². The van der Waals surface area contributed by atoms with E-state index in [0.29, 0.717) is 5.82 Å². The third-order valence-corrected chi connectivity index (χ3v) is 1.78. The minimum absolute atomic E-state index is 0.237. The monoisotopic (exact) mass is 210 g/mol. The third kappa shape index (κ3) is 3.41. The lowest BCUT2D eigenvalue weighted by Gasteiger charge is -2.10. The number of hydrogen-bond acceptors (Lipinski definition) is 3. The molecule has 0 aromatic carbocycles. The number of aryl methyl sites for hydroxylation is 1. The number of rotatable bonds is 3. The van der Waals surface area contributed by atoms with Gasteiger partial charge in [-0.3, -0.25) is 14.3 Å². The molecule has 2 N–H and O–H groups in total. The molecule has 0 saturated carbocycles. The second kappa shape index (κ2) is 4.59. The van der Waals surface area contributed by atoms with E-state index in [1.54, 1.807) is 30.9 Å². The molecule has 2 amide bonds. The van der Waals surface area contributed by atoms with Crippen LogP contribution in [-0.4, -0.2) is 27.6 Å². The smallest absolute Gasteiger partial charge is 0.247 e. The van der Waals surface area contributed by atoms with Gasteiger partial charge in [0.15, 0.2) is 5.82 Å². The van der Waals surface area contributed by atoms with Crippen LogP contribution in [0.2, 0.25) is 0 Å². The number of aromatic nitrogens is 2. The SMILES string of the molecule is CC(=O)NC(C)C(=O)Nc1ccn(C)n1. The van der Waals surface area contributed by atoms with Gasteiger partial charge in [-0.25, -0.2) is 0 Å². The van der Waals surface area contributed by atoms with Gasteiger partial charge >= 0.3 is 0 Å². The Morgan fingerprint density at radius 3 is 2.67 bits per heavy atom. The average Bonchev–Trinajstić information content (AvgIpc) is 2.50. The quantitative estimate of drug-likeness (QED) is 0.730. The van der Waals surface area contributed by atoms with Gasteiger partial charge in [0.1, 0.15) is 6.04 Å². The Morgan fingerprint density at radius 1 is 1.53 bits per heavy atom. The molecule has 1 unspecified atom stereocenters. The Balaban J connectivity index is 2.52. The Kier molecular flexibility index (Phi) is 3.43. The third-order valence-electron chi connectivity index (χ3n) is 1.78. The Hall–Kier alpha value is -1.85. The molecule has 1 atom stereocenters. The number of carbonyl (C=O) groups is 2. The summed E-state index contributed by atoms with van der Waals surface area (Å²) in [5.74, 6) is -0.0535. The molecule has 15 heavy (non-hydrogen) atoms. The number of anilines is 1. The maximum atomic E-state index is 11.5. The normalized spacial score (nSPS) is 11.9. The first-order valence-corrected chi connectivity index (χ1v) is 4.56. The summed E-state index contributed by atoms with van der Waals surface area (Å²) >= 11 is 0. The molecule has 1 aromatic rings. The molecule has 0 aliphatic rings. The van der Waals surface area contributed by atoms with Crippen molar-refractivity contribution in [3.05, 3.63) is 12.3 Å². The van der Waals surface area contributed by atoms with Crippen molar-refractivity contribution in [3.63, 3.8) is 0 Å². The van der Waals surface area contributed by atoms with E-state index in [4.69, 9.17) is 0 Å². The molecular weight excluding hydrogens is 196 g/mol. The van der Waals surface area contributed by atoms with E-state index in [9.17, 15) is 9.59 Å². The van der Waals surface area contributed by atoms with E-state index in [0.717, 1.165) is 0 Å². The lowest BCUT2D eigenvalue weighted by molar-refractivity contribution is -0.124. The van der Waals surface area contributed by atoms with Gasteiger partial charge in [-0.05, 0) is 6.92 Å². The predicted molar refractivity (Wildman–Crippen MR) is 55.1 cm³/mol. The Labute approximate surface area is 87.7 Å². The molecule has 0 spiro atoms. The summed E-state index contributed by atoms with van der Waals surface area (Å²) in [5, 5.41) is 9.05. The van der Waals surface area contributed by atoms with Crippen LogP contribution in [0.5, 0.6) is 0 Å². The second-order valence-corrected chi connectivity index (χ2v) is 3.29. The Bertz CT molecular complexity index is 372. The summed E-state index contributed by atoms with van der Waals surface area (Å²) in [6, 6.07) is 1.11. The zero-order chi connectivity index (χ0) is 11.4. The molecule has 1 rings (SSSR count). The summed E-state index contributed by atoms with van der Waals surface area (Å²) in [4.78, 5) is 22.2. The van der Waals surface area contributed by atoms with Gasteiger partial charge < -0.3 is 10.6 Å². The number of nitrogens with one attached hydrogen (secondary N) is 2. The van der Waals surface area contributed by atoms with Crippen LogP contribution >= 0.6 is 0 Å². The number of amides is 2. The van der Waals surface area contributed by atoms with Gasteiger partial charge in [0.2, 0.25) is 11.8 Å². The van der Waals surface area contributed by atoms with Crippen molar-refractivity contribution in [3.8, 4) is 0 Å². The van der Waals surface area contributed by atoms with Crippen molar-refractivity contribution in [2.45, 2.75) is 19.9 Å². The number of carbonyl (C=O) groups excluding carboxylic acids is 2. The fourth-order valence-corrected chi connectivity index (χ4v) is 1.09. The summed E-state index contributed by atoms with van der Waals surface area (Å²) in [7, 11) is 1.76. The van der Waals surface area contributed by atoms with Gasteiger partial charge in [0.05, 0.1) is 0 Å². The molecule has 6 nitrogen and oxygen atoms in total. The predicted octanol–water partition coefficient (Wildman–Crippen LogP) is -0.117. The van der Waals surface area contributed by atoms with Crippen molar-refractivity contribution in [2.24, 2.45) is 7.05 Å². The lowest BCUT2D eigenvalue weighted by atomic mass is 10.3. The summed E-state index contributed by atoms with van der Waals surface area (Å²) in [6.45, 7) is 2.98. The van der Waals surface area contributed by atoms with E-state index >= 15 is 0 Å². The van der Waals surface area contributed by atoms with E-state index < -0.39 is 6.04 Å². The maximum Gasteiger partial charge on any atom is 0.247 e. The minimum Gasteiger partial charge on any atom is -0.345 e. The molecule has 0 fully saturated rings. The molecular formula is C9H14N4O2. The van der Waals surface area contributed by atoms with Gasteiger partial charge in [-0.15, -0.1) is 0 Å². The molecule has 0 aliphatic heterocycles. The van der Waals surface area contributed by atoms with Gasteiger partial charge in [0.25, 0.3) is 0 Å². The maximum absolute atomic E-state index is 11.5. The van der Waals surface area contributed by atoms with E-state index in [2.05, 4.69) is 15.7 Å². The molecule has 0 bridgehead atoms. The van der Waals surface area contributed by atoms with Crippen LogP contribution in [0.3, 0.4) is 0 Å². The van der Waals surface area contributed by atoms with Crippen LogP contribution in [0.25, 0.3) is 0 Å². The van der Waals surface area contributed by atoms with Crippen LogP contribution < -0.4 is 10.6 Å². The highest BCUT2D eigenvalue weighted by Gasteiger charge is 2.14. The molecule has 1 heterocycles. The van der Waals surface area contributed by atoms with Gasteiger partial charge in [-0.2, -0.15) is 5.10 Å². The second-order valence-electron chi connectivity index (χ2n) is 3.29. The first kappa shape index (κ1) is 11.2. The summed E-state index contributed by atoms with van der Waals surface area (Å²) < 4.78 is 1.58. The van der Waals surface area contributed by atoms with Crippen LogP contribution in [-0.2, 0) is 16.6 Å². The fraction of sp³-hybridized carbons (Fsp3) is 0.444. The van der Waals surface area contributed by atoms with Crippen molar-refractivity contribution in [2.75, 3.05) is 5.32 Å².